The third-order valence-corrected chi connectivity index (χ3v) is 3.58. The standard InChI is InChI=1S/C16H22N4O/c1-3-8-15(13-14-9-6-5-7-10-14)19(4-2)16(21)20-12-11-17-18-20/h5-7,9-12,15H,3-4,8,13H2,1-2H3. The zero-order valence-electron chi connectivity index (χ0n) is 12.6. The topological polar surface area (TPSA) is 51.0 Å². The molecule has 0 aliphatic carbocycles. The van der Waals surface area contributed by atoms with Crippen LogP contribution in [-0.4, -0.2) is 38.5 Å². The summed E-state index contributed by atoms with van der Waals surface area (Å²) in [6.07, 6.45) is 6.00. The molecule has 21 heavy (non-hydrogen) atoms. The lowest BCUT2D eigenvalue weighted by molar-refractivity contribution is 0.171. The van der Waals surface area contributed by atoms with E-state index in [4.69, 9.17) is 0 Å². The second-order valence-corrected chi connectivity index (χ2v) is 5.05. The molecule has 1 aromatic carbocycles. The molecule has 0 saturated carbocycles. The molecule has 5 nitrogen and oxygen atoms in total. The quantitative estimate of drug-likeness (QED) is 0.820. The van der Waals surface area contributed by atoms with E-state index in [0.29, 0.717) is 6.54 Å². The van der Waals surface area contributed by atoms with Crippen molar-refractivity contribution in [2.24, 2.45) is 0 Å². The van der Waals surface area contributed by atoms with Crippen molar-refractivity contribution in [3.63, 3.8) is 0 Å². The van der Waals surface area contributed by atoms with Crippen LogP contribution in [0.1, 0.15) is 32.3 Å². The molecule has 112 valence electrons. The summed E-state index contributed by atoms with van der Waals surface area (Å²) in [6, 6.07) is 10.4. The van der Waals surface area contributed by atoms with Gasteiger partial charge in [0.25, 0.3) is 0 Å². The van der Waals surface area contributed by atoms with Crippen LogP contribution in [0.25, 0.3) is 0 Å². The van der Waals surface area contributed by atoms with Crippen molar-refractivity contribution in [1.82, 2.24) is 19.9 Å². The molecule has 1 aromatic heterocycles. The Labute approximate surface area is 125 Å². The third kappa shape index (κ3) is 3.90. The van der Waals surface area contributed by atoms with Gasteiger partial charge >= 0.3 is 6.03 Å². The molecule has 5 heteroatoms. The van der Waals surface area contributed by atoms with Crippen molar-refractivity contribution < 1.29 is 4.79 Å². The van der Waals surface area contributed by atoms with E-state index in [9.17, 15) is 4.79 Å². The highest BCUT2D eigenvalue weighted by Gasteiger charge is 2.23. The average molecular weight is 286 g/mol. The lowest BCUT2D eigenvalue weighted by atomic mass is 10.0. The average Bonchev–Trinajstić information content (AvgIpc) is 3.03. The highest BCUT2D eigenvalue weighted by atomic mass is 16.2. The van der Waals surface area contributed by atoms with Gasteiger partial charge in [0.1, 0.15) is 0 Å². The monoisotopic (exact) mass is 286 g/mol. The maximum absolute atomic E-state index is 12.5. The van der Waals surface area contributed by atoms with Crippen LogP contribution >= 0.6 is 0 Å². The lowest BCUT2D eigenvalue weighted by Crippen LogP contribution is -2.44. The fourth-order valence-electron chi connectivity index (χ4n) is 2.58. The van der Waals surface area contributed by atoms with Crippen LogP contribution in [0.5, 0.6) is 0 Å². The molecule has 1 heterocycles. The van der Waals surface area contributed by atoms with Gasteiger partial charge in [0, 0.05) is 12.6 Å². The molecule has 1 unspecified atom stereocenters. The molecule has 2 rings (SSSR count). The van der Waals surface area contributed by atoms with Crippen LogP contribution in [-0.2, 0) is 6.42 Å². The van der Waals surface area contributed by atoms with Gasteiger partial charge < -0.3 is 4.90 Å². The summed E-state index contributed by atoms with van der Waals surface area (Å²) >= 11 is 0. The first-order valence-electron chi connectivity index (χ1n) is 7.47. The number of nitrogens with zero attached hydrogens (tertiary/aromatic N) is 4. The molecule has 0 aliphatic heterocycles. The van der Waals surface area contributed by atoms with Gasteiger partial charge in [-0.1, -0.05) is 48.9 Å². The van der Waals surface area contributed by atoms with E-state index in [1.54, 1.807) is 6.20 Å². The zero-order valence-corrected chi connectivity index (χ0v) is 12.6. The molecule has 0 fully saturated rings. The van der Waals surface area contributed by atoms with E-state index >= 15 is 0 Å². The maximum atomic E-state index is 12.5. The Balaban J connectivity index is 2.16. The van der Waals surface area contributed by atoms with Crippen molar-refractivity contribution in [3.8, 4) is 0 Å². The summed E-state index contributed by atoms with van der Waals surface area (Å²) in [5.74, 6) is 0. The van der Waals surface area contributed by atoms with Gasteiger partial charge in [0.15, 0.2) is 0 Å². The summed E-state index contributed by atoms with van der Waals surface area (Å²) in [5.41, 5.74) is 1.25. The summed E-state index contributed by atoms with van der Waals surface area (Å²) < 4.78 is 1.30. The van der Waals surface area contributed by atoms with Gasteiger partial charge in [-0.05, 0) is 25.3 Å². The number of hydrogen-bond donors (Lipinski definition) is 0. The van der Waals surface area contributed by atoms with Crippen molar-refractivity contribution in [2.45, 2.75) is 39.2 Å². The van der Waals surface area contributed by atoms with Crippen LogP contribution < -0.4 is 0 Å². The molecule has 1 atom stereocenters. The molecule has 0 bridgehead atoms. The van der Waals surface area contributed by atoms with Gasteiger partial charge in [-0.3, -0.25) is 0 Å². The second kappa shape index (κ2) is 7.57. The number of benzene rings is 1. The van der Waals surface area contributed by atoms with Gasteiger partial charge in [0.05, 0.1) is 12.4 Å². The Hall–Kier alpha value is -2.17. The normalized spacial score (nSPS) is 12.1. The summed E-state index contributed by atoms with van der Waals surface area (Å²) in [5, 5.41) is 7.52. The first-order valence-corrected chi connectivity index (χ1v) is 7.47. The fourth-order valence-corrected chi connectivity index (χ4v) is 2.58. The van der Waals surface area contributed by atoms with E-state index < -0.39 is 0 Å². The largest absolute Gasteiger partial charge is 0.346 e. The van der Waals surface area contributed by atoms with E-state index in [1.807, 2.05) is 30.0 Å². The van der Waals surface area contributed by atoms with E-state index in [1.165, 1.54) is 16.4 Å². The van der Waals surface area contributed by atoms with Gasteiger partial charge in [-0.2, -0.15) is 4.68 Å². The molecule has 1 amide bonds. The Morgan fingerprint density at radius 1 is 1.29 bits per heavy atom. The number of likely N-dealkylation sites (N-methyl/N-ethyl adjacent to an activating group) is 1. The number of amides is 1. The Kier molecular flexibility index (Phi) is 5.49. The first-order chi connectivity index (χ1) is 10.3. The number of carbonyl (C=O) groups excluding carboxylic acids is 1. The predicted molar refractivity (Wildman–Crippen MR) is 82.0 cm³/mol. The molecule has 0 radical (unpaired) electrons. The molecule has 2 aromatic rings. The number of carbonyl (C=O) groups is 1. The molecular weight excluding hydrogens is 264 g/mol. The predicted octanol–water partition coefficient (Wildman–Crippen LogP) is 2.98. The maximum Gasteiger partial charge on any atom is 0.346 e. The molecule has 0 N–H and O–H groups in total. The second-order valence-electron chi connectivity index (χ2n) is 5.05. The third-order valence-electron chi connectivity index (χ3n) is 3.58. The van der Waals surface area contributed by atoms with E-state index in [2.05, 4.69) is 29.4 Å². The van der Waals surface area contributed by atoms with E-state index in [0.717, 1.165) is 19.3 Å². The highest BCUT2D eigenvalue weighted by Crippen LogP contribution is 2.15. The molecule has 0 spiro atoms. The number of rotatable bonds is 6. The van der Waals surface area contributed by atoms with Crippen molar-refractivity contribution in [2.75, 3.05) is 6.54 Å². The van der Waals surface area contributed by atoms with Gasteiger partial charge in [-0.25, -0.2) is 4.79 Å². The van der Waals surface area contributed by atoms with Crippen molar-refractivity contribution in [3.05, 3.63) is 48.3 Å². The van der Waals surface area contributed by atoms with Gasteiger partial charge in [-0.15, -0.1) is 5.10 Å². The van der Waals surface area contributed by atoms with Crippen molar-refractivity contribution >= 4 is 6.03 Å². The summed E-state index contributed by atoms with van der Waals surface area (Å²) in [6.45, 7) is 4.81. The Bertz CT molecular complexity index is 539. The van der Waals surface area contributed by atoms with Crippen LogP contribution in [0.2, 0.25) is 0 Å². The minimum absolute atomic E-state index is 0.107. The van der Waals surface area contributed by atoms with Crippen LogP contribution in [0.3, 0.4) is 0 Å². The summed E-state index contributed by atoms with van der Waals surface area (Å²) in [4.78, 5) is 14.4. The van der Waals surface area contributed by atoms with Crippen LogP contribution in [0.15, 0.2) is 42.7 Å². The van der Waals surface area contributed by atoms with E-state index in [-0.39, 0.29) is 12.1 Å². The Morgan fingerprint density at radius 3 is 2.62 bits per heavy atom. The van der Waals surface area contributed by atoms with Crippen LogP contribution in [0, 0.1) is 0 Å². The smallest absolute Gasteiger partial charge is 0.320 e. The SMILES string of the molecule is CCCC(Cc1ccccc1)N(CC)C(=O)n1ccnn1. The zero-order chi connectivity index (χ0) is 15.1. The molecule has 0 aliphatic rings. The fraction of sp³-hybridized carbons (Fsp3) is 0.438. The van der Waals surface area contributed by atoms with Crippen LogP contribution in [0.4, 0.5) is 4.79 Å². The van der Waals surface area contributed by atoms with Crippen molar-refractivity contribution in [1.29, 1.82) is 0 Å². The minimum Gasteiger partial charge on any atom is -0.320 e. The Morgan fingerprint density at radius 2 is 2.05 bits per heavy atom. The molecular formula is C16H22N4O. The highest BCUT2D eigenvalue weighted by molar-refractivity contribution is 5.76. The number of hydrogen-bond acceptors (Lipinski definition) is 3. The lowest BCUT2D eigenvalue weighted by Gasteiger charge is -2.30. The summed E-state index contributed by atoms with van der Waals surface area (Å²) in [7, 11) is 0. The number of aromatic nitrogens is 3. The first kappa shape index (κ1) is 15.2. The molecule has 0 saturated heterocycles. The minimum atomic E-state index is -0.107. The van der Waals surface area contributed by atoms with Gasteiger partial charge in [0.2, 0.25) is 0 Å².